The molecule has 2 aliphatic carbocycles. The normalized spacial score (nSPS) is 28.2. The maximum absolute atomic E-state index is 12.6. The van der Waals surface area contributed by atoms with E-state index in [1.807, 2.05) is 31.5 Å². The fourth-order valence-electron chi connectivity index (χ4n) is 4.91. The molecule has 0 saturated heterocycles. The molecule has 0 aliphatic heterocycles. The third kappa shape index (κ3) is 2.83. The van der Waals surface area contributed by atoms with Gasteiger partial charge in [0.25, 0.3) is 0 Å². The first-order valence-electron chi connectivity index (χ1n) is 9.32. The number of hydrogen-bond donors (Lipinski definition) is 1. The molecule has 2 fully saturated rings. The van der Waals surface area contributed by atoms with Crippen molar-refractivity contribution in [2.24, 2.45) is 23.7 Å². The number of aromatic nitrogens is 2. The molecule has 1 aromatic carbocycles. The monoisotopic (exact) mass is 325 g/mol. The molecule has 1 aromatic heterocycles. The van der Waals surface area contributed by atoms with Gasteiger partial charge >= 0.3 is 0 Å². The van der Waals surface area contributed by atoms with Crippen LogP contribution in [0.1, 0.15) is 39.5 Å². The Labute approximate surface area is 143 Å². The van der Waals surface area contributed by atoms with E-state index >= 15 is 0 Å². The lowest BCUT2D eigenvalue weighted by Crippen LogP contribution is -2.43. The van der Waals surface area contributed by atoms with Gasteiger partial charge in [-0.1, -0.05) is 25.5 Å². The Kier molecular flexibility index (Phi) is 4.07. The van der Waals surface area contributed by atoms with Gasteiger partial charge in [-0.2, -0.15) is 0 Å². The van der Waals surface area contributed by atoms with E-state index in [0.717, 1.165) is 22.9 Å². The number of rotatable bonds is 5. The van der Waals surface area contributed by atoms with Crippen LogP contribution in [0.5, 0.6) is 0 Å². The Morgan fingerprint density at radius 3 is 2.88 bits per heavy atom. The first kappa shape index (κ1) is 15.7. The van der Waals surface area contributed by atoms with Crippen LogP contribution in [-0.4, -0.2) is 21.5 Å². The van der Waals surface area contributed by atoms with Crippen molar-refractivity contribution >= 4 is 16.9 Å². The minimum atomic E-state index is -0.0522. The molecule has 0 spiro atoms. The van der Waals surface area contributed by atoms with Crippen LogP contribution < -0.4 is 5.32 Å². The highest BCUT2D eigenvalue weighted by Gasteiger charge is 2.42. The molecule has 0 radical (unpaired) electrons. The molecule has 5 unspecified atom stereocenters. The number of nitrogens with one attached hydrogen (secondary N) is 1. The number of carbonyl (C=O) groups is 1. The largest absolute Gasteiger partial charge is 0.353 e. The maximum Gasteiger partial charge on any atom is 0.224 e. The number of fused-ring (bicyclic) bond motifs is 3. The fraction of sp³-hybridized carbons (Fsp3) is 0.600. The number of nitrogens with zero attached hydrogens (tertiary/aromatic N) is 2. The molecule has 1 heterocycles. The molecule has 4 nitrogen and oxygen atoms in total. The van der Waals surface area contributed by atoms with Crippen LogP contribution in [-0.2, 0) is 11.3 Å². The van der Waals surface area contributed by atoms with Crippen molar-refractivity contribution in [1.29, 1.82) is 0 Å². The highest BCUT2D eigenvalue weighted by Crippen LogP contribution is 2.49. The van der Waals surface area contributed by atoms with Gasteiger partial charge < -0.3 is 9.88 Å². The first-order valence-corrected chi connectivity index (χ1v) is 9.32. The zero-order chi connectivity index (χ0) is 16.7. The number of para-hydroxylation sites is 2. The molecule has 4 rings (SSSR count). The van der Waals surface area contributed by atoms with Gasteiger partial charge in [0, 0.05) is 12.6 Å². The summed E-state index contributed by atoms with van der Waals surface area (Å²) in [6, 6.07) is 8.38. The zero-order valence-corrected chi connectivity index (χ0v) is 14.6. The Morgan fingerprint density at radius 1 is 1.29 bits per heavy atom. The first-order chi connectivity index (χ1) is 11.6. The average molecular weight is 325 g/mol. The fourth-order valence-corrected chi connectivity index (χ4v) is 4.91. The van der Waals surface area contributed by atoms with Crippen LogP contribution in [0.3, 0.4) is 0 Å². The van der Waals surface area contributed by atoms with Crippen LogP contribution in [0.2, 0.25) is 0 Å². The number of carbonyl (C=O) groups excluding carboxylic acids is 1. The molecule has 2 aromatic rings. The summed E-state index contributed by atoms with van der Waals surface area (Å²) in [4.78, 5) is 17.0. The Balaban J connectivity index is 1.37. The van der Waals surface area contributed by atoms with Crippen molar-refractivity contribution in [3.8, 4) is 0 Å². The molecule has 4 heteroatoms. The van der Waals surface area contributed by atoms with Crippen LogP contribution in [0.15, 0.2) is 30.6 Å². The second-order valence-electron chi connectivity index (χ2n) is 7.92. The number of imidazole rings is 1. The second kappa shape index (κ2) is 6.23. The topological polar surface area (TPSA) is 46.9 Å². The lowest BCUT2D eigenvalue weighted by molar-refractivity contribution is -0.126. The second-order valence-corrected chi connectivity index (χ2v) is 7.92. The summed E-state index contributed by atoms with van der Waals surface area (Å²) in [6.07, 6.45) is 7.32. The average Bonchev–Trinajstić information content (AvgIpc) is 3.30. The Bertz CT molecular complexity index is 737. The van der Waals surface area contributed by atoms with Crippen molar-refractivity contribution in [2.75, 3.05) is 0 Å². The third-order valence-corrected chi connectivity index (χ3v) is 6.25. The molecule has 24 heavy (non-hydrogen) atoms. The maximum atomic E-state index is 12.6. The highest BCUT2D eigenvalue weighted by molar-refractivity contribution is 5.79. The van der Waals surface area contributed by atoms with E-state index in [1.165, 1.54) is 25.7 Å². The minimum Gasteiger partial charge on any atom is -0.353 e. The minimum absolute atomic E-state index is 0.0522. The number of benzene rings is 1. The van der Waals surface area contributed by atoms with E-state index in [-0.39, 0.29) is 11.8 Å². The van der Waals surface area contributed by atoms with Crippen LogP contribution in [0, 0.1) is 23.7 Å². The molecule has 2 aliphatic rings. The third-order valence-electron chi connectivity index (χ3n) is 6.25. The van der Waals surface area contributed by atoms with Crippen molar-refractivity contribution < 1.29 is 4.79 Å². The van der Waals surface area contributed by atoms with Gasteiger partial charge in [-0.25, -0.2) is 4.98 Å². The summed E-state index contributed by atoms with van der Waals surface area (Å²) in [5, 5.41) is 3.29. The molecule has 1 N–H and O–H groups in total. The summed E-state index contributed by atoms with van der Waals surface area (Å²) in [6.45, 7) is 4.88. The highest BCUT2D eigenvalue weighted by atomic mass is 16.1. The van der Waals surface area contributed by atoms with Gasteiger partial charge in [0.05, 0.1) is 23.3 Å². The van der Waals surface area contributed by atoms with E-state index in [9.17, 15) is 4.79 Å². The smallest absolute Gasteiger partial charge is 0.224 e. The van der Waals surface area contributed by atoms with E-state index in [0.29, 0.717) is 18.5 Å². The predicted octanol–water partition coefficient (Wildman–Crippen LogP) is 3.61. The molecule has 2 saturated carbocycles. The summed E-state index contributed by atoms with van der Waals surface area (Å²) in [7, 11) is 0. The van der Waals surface area contributed by atoms with Gasteiger partial charge in [-0.05, 0) is 56.1 Å². The molecule has 2 bridgehead atoms. The van der Waals surface area contributed by atoms with Crippen LogP contribution in [0.4, 0.5) is 0 Å². The summed E-state index contributed by atoms with van der Waals surface area (Å²) in [5.74, 6) is 2.58. The molecule has 1 amide bonds. The van der Waals surface area contributed by atoms with Gasteiger partial charge in [0.1, 0.15) is 0 Å². The van der Waals surface area contributed by atoms with Crippen molar-refractivity contribution in [3.05, 3.63) is 30.6 Å². The van der Waals surface area contributed by atoms with Crippen LogP contribution >= 0.6 is 0 Å². The quantitative estimate of drug-likeness (QED) is 0.913. The van der Waals surface area contributed by atoms with E-state index in [4.69, 9.17) is 0 Å². The van der Waals surface area contributed by atoms with E-state index in [1.54, 1.807) is 0 Å². The Morgan fingerprint density at radius 2 is 2.12 bits per heavy atom. The standard InChI is InChI=1S/C20H27N3O/c1-13(11-23-12-21-18-5-3-4-6-19(18)23)20(24)22-14(2)17-10-15-7-8-16(17)9-15/h3-6,12-17H,7-11H2,1-2H3,(H,22,24). The van der Waals surface area contributed by atoms with Gasteiger partial charge in [-0.3, -0.25) is 4.79 Å². The molecular weight excluding hydrogens is 298 g/mol. The molecule has 5 atom stereocenters. The molecular formula is C20H27N3O. The predicted molar refractivity (Wildman–Crippen MR) is 95.4 cm³/mol. The summed E-state index contributed by atoms with van der Waals surface area (Å²) < 4.78 is 2.09. The van der Waals surface area contributed by atoms with Crippen molar-refractivity contribution in [1.82, 2.24) is 14.9 Å². The van der Waals surface area contributed by atoms with Gasteiger partial charge in [0.2, 0.25) is 5.91 Å². The zero-order valence-electron chi connectivity index (χ0n) is 14.6. The summed E-state index contributed by atoms with van der Waals surface area (Å²) in [5.41, 5.74) is 2.08. The number of hydrogen-bond acceptors (Lipinski definition) is 2. The lowest BCUT2D eigenvalue weighted by atomic mass is 9.84. The van der Waals surface area contributed by atoms with Crippen LogP contribution in [0.25, 0.3) is 11.0 Å². The van der Waals surface area contributed by atoms with Gasteiger partial charge in [0.15, 0.2) is 0 Å². The Hall–Kier alpha value is -1.84. The van der Waals surface area contributed by atoms with E-state index in [2.05, 4.69) is 27.9 Å². The SMILES string of the molecule is CC(Cn1cnc2ccccc21)C(=O)NC(C)C1CC2CCC1C2. The number of amides is 1. The van der Waals surface area contributed by atoms with Crippen molar-refractivity contribution in [3.63, 3.8) is 0 Å². The van der Waals surface area contributed by atoms with E-state index < -0.39 is 0 Å². The lowest BCUT2D eigenvalue weighted by Gasteiger charge is -2.29. The van der Waals surface area contributed by atoms with Gasteiger partial charge in [-0.15, -0.1) is 0 Å². The molecule has 128 valence electrons. The van der Waals surface area contributed by atoms with Crippen molar-refractivity contribution in [2.45, 2.75) is 52.1 Å². The summed E-state index contributed by atoms with van der Waals surface area (Å²) >= 11 is 0.